The van der Waals surface area contributed by atoms with Gasteiger partial charge in [-0.05, 0) is 18.6 Å². The fourth-order valence-electron chi connectivity index (χ4n) is 1.12. The average molecular weight is 260 g/mol. The van der Waals surface area contributed by atoms with Crippen LogP contribution in [0, 0.1) is 5.41 Å². The highest BCUT2D eigenvalue weighted by Gasteiger charge is 2.33. The molecule has 0 saturated heterocycles. The molecule has 1 N–H and O–H groups in total. The van der Waals surface area contributed by atoms with Crippen molar-refractivity contribution >= 4 is 11.6 Å². The summed E-state index contributed by atoms with van der Waals surface area (Å²) >= 11 is 0. The Bertz CT molecular complexity index is 441. The maximum absolute atomic E-state index is 12.4. The molecule has 100 valence electrons. The summed E-state index contributed by atoms with van der Waals surface area (Å²) in [4.78, 5) is 15.0. The summed E-state index contributed by atoms with van der Waals surface area (Å²) in [5.41, 5.74) is -1.54. The number of alkyl halides is 3. The zero-order valence-electron chi connectivity index (χ0n) is 10.4. The third-order valence-corrected chi connectivity index (χ3v) is 2.81. The molecule has 0 spiro atoms. The van der Waals surface area contributed by atoms with Gasteiger partial charge in [-0.1, -0.05) is 20.8 Å². The molecule has 1 heterocycles. The molecule has 0 aliphatic carbocycles. The molecular formula is C12H15F3N2O. The van der Waals surface area contributed by atoms with E-state index in [2.05, 4.69) is 10.3 Å². The smallest absolute Gasteiger partial charge is 0.326 e. The van der Waals surface area contributed by atoms with Crippen molar-refractivity contribution < 1.29 is 18.0 Å². The number of nitrogens with one attached hydrogen (secondary N) is 1. The number of halogens is 3. The molecule has 0 aliphatic heterocycles. The Balaban J connectivity index is 2.90. The molecule has 0 radical (unpaired) electrons. The van der Waals surface area contributed by atoms with E-state index < -0.39 is 17.3 Å². The fourth-order valence-corrected chi connectivity index (χ4v) is 1.12. The van der Waals surface area contributed by atoms with Crippen LogP contribution in [0.2, 0.25) is 0 Å². The molecule has 0 saturated carbocycles. The normalized spacial score (nSPS) is 12.3. The Hall–Kier alpha value is -1.59. The molecular weight excluding hydrogens is 245 g/mol. The predicted molar refractivity (Wildman–Crippen MR) is 61.9 cm³/mol. The van der Waals surface area contributed by atoms with Crippen LogP contribution in [0.4, 0.5) is 18.9 Å². The molecule has 1 amide bonds. The summed E-state index contributed by atoms with van der Waals surface area (Å²) in [6, 6.07) is 2.16. The second-order valence-corrected chi connectivity index (χ2v) is 4.62. The minimum Gasteiger partial charge on any atom is -0.326 e. The third kappa shape index (κ3) is 3.45. The lowest BCUT2D eigenvalue weighted by molar-refractivity contribution is -0.141. The summed E-state index contributed by atoms with van der Waals surface area (Å²) in [5, 5.41) is 2.47. The number of hydrogen-bond donors (Lipinski definition) is 1. The Morgan fingerprint density at radius 1 is 1.39 bits per heavy atom. The van der Waals surface area contributed by atoms with E-state index in [0.29, 0.717) is 6.42 Å². The SMILES string of the molecule is CCC(C)(C)C(=O)Nc1ccnc(C(F)(F)F)c1. The molecule has 1 aromatic rings. The van der Waals surface area contributed by atoms with E-state index in [1.807, 2.05) is 6.92 Å². The Labute approximate surface area is 103 Å². The van der Waals surface area contributed by atoms with Gasteiger partial charge >= 0.3 is 6.18 Å². The largest absolute Gasteiger partial charge is 0.433 e. The van der Waals surface area contributed by atoms with Crippen molar-refractivity contribution in [3.63, 3.8) is 0 Å². The van der Waals surface area contributed by atoms with E-state index in [9.17, 15) is 18.0 Å². The molecule has 1 aromatic heterocycles. The highest BCUT2D eigenvalue weighted by Crippen LogP contribution is 2.29. The quantitative estimate of drug-likeness (QED) is 0.904. The van der Waals surface area contributed by atoms with Crippen molar-refractivity contribution in [1.29, 1.82) is 0 Å². The van der Waals surface area contributed by atoms with Gasteiger partial charge in [-0.25, -0.2) is 0 Å². The second kappa shape index (κ2) is 4.96. The summed E-state index contributed by atoms with van der Waals surface area (Å²) in [7, 11) is 0. The second-order valence-electron chi connectivity index (χ2n) is 4.62. The predicted octanol–water partition coefficient (Wildman–Crippen LogP) is 3.48. The van der Waals surface area contributed by atoms with Crippen LogP contribution in [0.1, 0.15) is 32.9 Å². The molecule has 0 aromatic carbocycles. The molecule has 0 aliphatic rings. The molecule has 3 nitrogen and oxygen atoms in total. The van der Waals surface area contributed by atoms with Gasteiger partial charge in [-0.3, -0.25) is 9.78 Å². The number of anilines is 1. The van der Waals surface area contributed by atoms with Gasteiger partial charge in [0, 0.05) is 17.3 Å². The zero-order chi connectivity index (χ0) is 14.0. The number of aromatic nitrogens is 1. The van der Waals surface area contributed by atoms with Crippen LogP contribution in [0.15, 0.2) is 18.3 Å². The van der Waals surface area contributed by atoms with Crippen molar-refractivity contribution in [2.24, 2.45) is 5.41 Å². The summed E-state index contributed by atoms with van der Waals surface area (Å²) in [6.07, 6.45) is -2.89. The van der Waals surface area contributed by atoms with Gasteiger partial charge in [0.15, 0.2) is 0 Å². The van der Waals surface area contributed by atoms with Gasteiger partial charge in [0.2, 0.25) is 5.91 Å². The van der Waals surface area contributed by atoms with Crippen LogP contribution in [0.25, 0.3) is 0 Å². The molecule has 0 unspecified atom stereocenters. The van der Waals surface area contributed by atoms with Crippen LogP contribution >= 0.6 is 0 Å². The first-order chi connectivity index (χ1) is 8.16. The number of amides is 1. The lowest BCUT2D eigenvalue weighted by Gasteiger charge is -2.21. The van der Waals surface area contributed by atoms with Crippen LogP contribution in [0.5, 0.6) is 0 Å². The standard InChI is InChI=1S/C12H15F3N2O/c1-4-11(2,3)10(18)17-8-5-6-16-9(7-8)12(13,14)15/h5-7H,4H2,1-3H3,(H,16,17,18). The van der Waals surface area contributed by atoms with Crippen LogP contribution < -0.4 is 5.32 Å². The van der Waals surface area contributed by atoms with Gasteiger partial charge in [0.25, 0.3) is 0 Å². The lowest BCUT2D eigenvalue weighted by Crippen LogP contribution is -2.30. The van der Waals surface area contributed by atoms with Gasteiger partial charge in [0.1, 0.15) is 5.69 Å². The first kappa shape index (κ1) is 14.5. The Morgan fingerprint density at radius 3 is 2.50 bits per heavy atom. The first-order valence-electron chi connectivity index (χ1n) is 5.51. The molecule has 1 rings (SSSR count). The van der Waals surface area contributed by atoms with Crippen molar-refractivity contribution in [3.8, 4) is 0 Å². The van der Waals surface area contributed by atoms with E-state index in [1.165, 1.54) is 6.07 Å². The maximum Gasteiger partial charge on any atom is 0.433 e. The molecule has 18 heavy (non-hydrogen) atoms. The summed E-state index contributed by atoms with van der Waals surface area (Å²) in [6.45, 7) is 5.30. The van der Waals surface area contributed by atoms with Gasteiger partial charge in [-0.15, -0.1) is 0 Å². The highest BCUT2D eigenvalue weighted by atomic mass is 19.4. The highest BCUT2D eigenvalue weighted by molar-refractivity contribution is 5.94. The monoisotopic (exact) mass is 260 g/mol. The van der Waals surface area contributed by atoms with Crippen LogP contribution in [-0.2, 0) is 11.0 Å². The van der Waals surface area contributed by atoms with E-state index in [-0.39, 0.29) is 11.6 Å². The van der Waals surface area contributed by atoms with Gasteiger partial charge in [0.05, 0.1) is 0 Å². The lowest BCUT2D eigenvalue weighted by atomic mass is 9.89. The zero-order valence-corrected chi connectivity index (χ0v) is 10.4. The number of nitrogens with zero attached hydrogens (tertiary/aromatic N) is 1. The minimum atomic E-state index is -4.51. The molecule has 0 bridgehead atoms. The maximum atomic E-state index is 12.4. The van der Waals surface area contributed by atoms with Crippen molar-refractivity contribution in [2.75, 3.05) is 5.32 Å². The average Bonchev–Trinajstić information content (AvgIpc) is 2.28. The molecule has 0 atom stereocenters. The van der Waals surface area contributed by atoms with Gasteiger partial charge < -0.3 is 5.32 Å². The van der Waals surface area contributed by atoms with Crippen molar-refractivity contribution in [3.05, 3.63) is 24.0 Å². The van der Waals surface area contributed by atoms with E-state index in [1.54, 1.807) is 13.8 Å². The minimum absolute atomic E-state index is 0.101. The van der Waals surface area contributed by atoms with E-state index in [4.69, 9.17) is 0 Å². The van der Waals surface area contributed by atoms with Gasteiger partial charge in [-0.2, -0.15) is 13.2 Å². The Morgan fingerprint density at radius 2 is 2.00 bits per heavy atom. The molecule has 0 fully saturated rings. The van der Waals surface area contributed by atoms with Crippen LogP contribution in [-0.4, -0.2) is 10.9 Å². The number of rotatable bonds is 3. The van der Waals surface area contributed by atoms with Crippen molar-refractivity contribution in [2.45, 2.75) is 33.4 Å². The fraction of sp³-hybridized carbons (Fsp3) is 0.500. The summed E-state index contributed by atoms with van der Waals surface area (Å²) < 4.78 is 37.3. The number of carbonyl (C=O) groups excluding carboxylic acids is 1. The Kier molecular flexibility index (Phi) is 3.98. The molecule has 6 heteroatoms. The summed E-state index contributed by atoms with van der Waals surface area (Å²) in [5.74, 6) is -0.315. The van der Waals surface area contributed by atoms with Crippen LogP contribution in [0.3, 0.4) is 0 Å². The van der Waals surface area contributed by atoms with E-state index in [0.717, 1.165) is 12.3 Å². The van der Waals surface area contributed by atoms with Crippen molar-refractivity contribution in [1.82, 2.24) is 4.98 Å². The number of pyridine rings is 1. The number of carbonyl (C=O) groups is 1. The van der Waals surface area contributed by atoms with E-state index >= 15 is 0 Å². The third-order valence-electron chi connectivity index (χ3n) is 2.81. The first-order valence-corrected chi connectivity index (χ1v) is 5.51. The number of hydrogen-bond acceptors (Lipinski definition) is 2. The topological polar surface area (TPSA) is 42.0 Å².